The fourth-order valence-corrected chi connectivity index (χ4v) is 2.66. The number of carbonyl (C=O) groups is 1. The molecule has 102 valence electrons. The number of nitrogens with two attached hydrogens (primary N) is 1. The molecule has 0 saturated carbocycles. The Balaban J connectivity index is 2.02. The van der Waals surface area contributed by atoms with Crippen LogP contribution in [0.4, 0.5) is 0 Å². The summed E-state index contributed by atoms with van der Waals surface area (Å²) in [6.45, 7) is 0.945. The van der Waals surface area contributed by atoms with Crippen molar-refractivity contribution >= 4 is 17.2 Å². The predicted molar refractivity (Wildman–Crippen MR) is 82.5 cm³/mol. The molecule has 1 amide bonds. The Bertz CT molecular complexity index is 637. The summed E-state index contributed by atoms with van der Waals surface area (Å²) in [4.78, 5) is 15.0. The molecule has 0 radical (unpaired) electrons. The minimum absolute atomic E-state index is 0.0218. The van der Waals surface area contributed by atoms with Crippen molar-refractivity contribution in [2.24, 2.45) is 5.73 Å². The first kappa shape index (κ1) is 14.3. The summed E-state index contributed by atoms with van der Waals surface area (Å²) >= 11 is 1.60. The number of carbonyl (C=O) groups excluding carboxylic acids is 1. The highest BCUT2D eigenvalue weighted by molar-refractivity contribution is 7.10. The minimum atomic E-state index is 0.0218. The van der Waals surface area contributed by atoms with E-state index < -0.39 is 0 Å². The van der Waals surface area contributed by atoms with Gasteiger partial charge in [-0.2, -0.15) is 0 Å². The second-order valence-corrected chi connectivity index (χ2v) is 5.33. The third-order valence-corrected chi connectivity index (χ3v) is 3.67. The van der Waals surface area contributed by atoms with E-state index in [1.54, 1.807) is 23.3 Å². The first-order chi connectivity index (χ1) is 9.70. The molecule has 0 atom stereocenters. The Morgan fingerprint density at radius 3 is 2.80 bits per heavy atom. The van der Waals surface area contributed by atoms with Crippen LogP contribution in [0.25, 0.3) is 0 Å². The van der Waals surface area contributed by atoms with Gasteiger partial charge in [-0.3, -0.25) is 4.79 Å². The molecular formula is C16H16N2OS. The van der Waals surface area contributed by atoms with Gasteiger partial charge < -0.3 is 10.6 Å². The summed E-state index contributed by atoms with van der Waals surface area (Å²) in [5, 5.41) is 1.98. The van der Waals surface area contributed by atoms with Crippen molar-refractivity contribution in [3.8, 4) is 11.8 Å². The molecule has 1 heterocycles. The fraction of sp³-hybridized carbons (Fsp3) is 0.188. The molecule has 2 rings (SSSR count). The Morgan fingerprint density at radius 2 is 2.10 bits per heavy atom. The van der Waals surface area contributed by atoms with Gasteiger partial charge in [-0.25, -0.2) is 0 Å². The third kappa shape index (κ3) is 3.70. The molecule has 0 fully saturated rings. The van der Waals surface area contributed by atoms with Crippen LogP contribution in [0.1, 0.15) is 20.8 Å². The van der Waals surface area contributed by atoms with Crippen LogP contribution in [0, 0.1) is 11.8 Å². The number of hydrogen-bond acceptors (Lipinski definition) is 3. The van der Waals surface area contributed by atoms with Gasteiger partial charge in [0.05, 0.1) is 13.1 Å². The van der Waals surface area contributed by atoms with Crippen LogP contribution in [-0.4, -0.2) is 24.4 Å². The number of nitrogens with zero attached hydrogens (tertiary/aromatic N) is 1. The van der Waals surface area contributed by atoms with Gasteiger partial charge in [-0.1, -0.05) is 30.0 Å². The largest absolute Gasteiger partial charge is 0.337 e. The van der Waals surface area contributed by atoms with Gasteiger partial charge in [0, 0.05) is 28.4 Å². The van der Waals surface area contributed by atoms with E-state index in [-0.39, 0.29) is 5.91 Å². The molecule has 20 heavy (non-hydrogen) atoms. The van der Waals surface area contributed by atoms with E-state index in [1.807, 2.05) is 41.8 Å². The number of amides is 1. The second kappa shape index (κ2) is 6.90. The first-order valence-electron chi connectivity index (χ1n) is 6.27. The number of hydrogen-bond donors (Lipinski definition) is 1. The van der Waals surface area contributed by atoms with Crippen molar-refractivity contribution in [3.05, 3.63) is 57.8 Å². The predicted octanol–water partition coefficient (Wildman–Crippen LogP) is 2.33. The maximum Gasteiger partial charge on any atom is 0.253 e. The molecule has 0 bridgehead atoms. The molecule has 4 heteroatoms. The van der Waals surface area contributed by atoms with Gasteiger partial charge in [-0.15, -0.1) is 11.3 Å². The number of benzene rings is 1. The van der Waals surface area contributed by atoms with E-state index in [2.05, 4.69) is 11.8 Å². The molecule has 2 N–H and O–H groups in total. The van der Waals surface area contributed by atoms with Crippen LogP contribution >= 0.6 is 11.3 Å². The van der Waals surface area contributed by atoms with Crippen LogP contribution in [0.5, 0.6) is 0 Å². The van der Waals surface area contributed by atoms with Gasteiger partial charge in [0.1, 0.15) is 0 Å². The van der Waals surface area contributed by atoms with Gasteiger partial charge in [0.2, 0.25) is 0 Å². The monoisotopic (exact) mass is 284 g/mol. The highest BCUT2D eigenvalue weighted by Crippen LogP contribution is 2.16. The van der Waals surface area contributed by atoms with Crippen LogP contribution in [0.2, 0.25) is 0 Å². The lowest BCUT2D eigenvalue weighted by Gasteiger charge is -2.16. The topological polar surface area (TPSA) is 46.3 Å². The SMILES string of the molecule is CN(Cc1cc(C#CCN)cs1)C(=O)c1ccccc1. The molecule has 3 nitrogen and oxygen atoms in total. The molecular weight excluding hydrogens is 268 g/mol. The Kier molecular flexibility index (Phi) is 4.94. The van der Waals surface area contributed by atoms with Crippen LogP contribution < -0.4 is 5.73 Å². The fourth-order valence-electron chi connectivity index (χ4n) is 1.79. The van der Waals surface area contributed by atoms with E-state index in [0.29, 0.717) is 18.7 Å². The van der Waals surface area contributed by atoms with Crippen molar-refractivity contribution in [1.82, 2.24) is 4.90 Å². The smallest absolute Gasteiger partial charge is 0.253 e. The maximum atomic E-state index is 12.2. The molecule has 0 aliphatic rings. The Labute approximate surface area is 123 Å². The summed E-state index contributed by atoms with van der Waals surface area (Å²) in [6, 6.07) is 11.3. The lowest BCUT2D eigenvalue weighted by Crippen LogP contribution is -2.25. The molecule has 0 aliphatic carbocycles. The molecule has 1 aromatic heterocycles. The Morgan fingerprint density at radius 1 is 1.35 bits per heavy atom. The highest BCUT2D eigenvalue weighted by atomic mass is 32.1. The van der Waals surface area contributed by atoms with Crippen molar-refractivity contribution < 1.29 is 4.79 Å². The molecule has 1 aromatic carbocycles. The van der Waals surface area contributed by atoms with Gasteiger partial charge in [-0.05, 0) is 18.2 Å². The van der Waals surface area contributed by atoms with Crippen molar-refractivity contribution in [1.29, 1.82) is 0 Å². The van der Waals surface area contributed by atoms with Gasteiger partial charge in [0.15, 0.2) is 0 Å². The summed E-state index contributed by atoms with van der Waals surface area (Å²) in [6.07, 6.45) is 0. The van der Waals surface area contributed by atoms with Crippen molar-refractivity contribution in [2.75, 3.05) is 13.6 Å². The zero-order valence-electron chi connectivity index (χ0n) is 11.3. The second-order valence-electron chi connectivity index (χ2n) is 4.33. The minimum Gasteiger partial charge on any atom is -0.337 e. The van der Waals surface area contributed by atoms with Crippen LogP contribution in [0.3, 0.4) is 0 Å². The summed E-state index contributed by atoms with van der Waals surface area (Å²) < 4.78 is 0. The standard InChI is InChI=1S/C16H16N2OS/c1-18(16(19)14-7-3-2-4-8-14)11-15-10-13(12-20-15)6-5-9-17/h2-4,7-8,10,12H,9,11,17H2,1H3. The molecule has 0 unspecified atom stereocenters. The van der Waals surface area contributed by atoms with Crippen molar-refractivity contribution in [3.63, 3.8) is 0 Å². The zero-order chi connectivity index (χ0) is 14.4. The number of rotatable bonds is 3. The van der Waals surface area contributed by atoms with E-state index in [4.69, 9.17) is 5.73 Å². The van der Waals surface area contributed by atoms with E-state index >= 15 is 0 Å². The lowest BCUT2D eigenvalue weighted by atomic mass is 10.2. The normalized spacial score (nSPS) is 9.70. The molecule has 2 aromatic rings. The van der Waals surface area contributed by atoms with E-state index in [0.717, 1.165) is 10.4 Å². The Hall–Kier alpha value is -2.09. The molecule has 0 spiro atoms. The summed E-state index contributed by atoms with van der Waals surface area (Å²) in [5.74, 6) is 5.84. The van der Waals surface area contributed by atoms with E-state index in [1.165, 1.54) is 0 Å². The van der Waals surface area contributed by atoms with Crippen LogP contribution in [0.15, 0.2) is 41.8 Å². The van der Waals surface area contributed by atoms with Crippen molar-refractivity contribution in [2.45, 2.75) is 6.54 Å². The van der Waals surface area contributed by atoms with Gasteiger partial charge in [0.25, 0.3) is 5.91 Å². The first-order valence-corrected chi connectivity index (χ1v) is 7.15. The average Bonchev–Trinajstić information content (AvgIpc) is 2.92. The quantitative estimate of drug-likeness (QED) is 0.879. The summed E-state index contributed by atoms with van der Waals surface area (Å²) in [5.41, 5.74) is 7.00. The van der Waals surface area contributed by atoms with Crippen LogP contribution in [-0.2, 0) is 6.54 Å². The lowest BCUT2D eigenvalue weighted by molar-refractivity contribution is 0.0786. The zero-order valence-corrected chi connectivity index (χ0v) is 12.1. The highest BCUT2D eigenvalue weighted by Gasteiger charge is 2.12. The molecule has 0 saturated heterocycles. The van der Waals surface area contributed by atoms with E-state index in [9.17, 15) is 4.79 Å². The maximum absolute atomic E-state index is 12.2. The number of thiophene rings is 1. The summed E-state index contributed by atoms with van der Waals surface area (Å²) in [7, 11) is 1.81. The molecule has 0 aliphatic heterocycles. The average molecular weight is 284 g/mol. The third-order valence-electron chi connectivity index (χ3n) is 2.75. The van der Waals surface area contributed by atoms with Gasteiger partial charge >= 0.3 is 0 Å².